The highest BCUT2D eigenvalue weighted by Gasteiger charge is 2.31. The van der Waals surface area contributed by atoms with Crippen LogP contribution in [0, 0.1) is 5.92 Å². The molecule has 1 aliphatic rings. The van der Waals surface area contributed by atoms with E-state index in [1.165, 1.54) is 12.1 Å². The number of benzene rings is 1. The molecule has 0 unspecified atom stereocenters. The third-order valence-corrected chi connectivity index (χ3v) is 4.29. The molecule has 1 fully saturated rings. The number of hydrogen-bond donors (Lipinski definition) is 2. The molecule has 0 aliphatic carbocycles. The number of hydrogen-bond acceptors (Lipinski definition) is 4. The maximum atomic E-state index is 12.1. The average Bonchev–Trinajstić information content (AvgIpc) is 2.58. The molecular weight excluding hydrogens is 335 g/mol. The van der Waals surface area contributed by atoms with Crippen LogP contribution >= 0.6 is 0 Å². The van der Waals surface area contributed by atoms with Crippen LogP contribution in [-0.4, -0.2) is 56.9 Å². The van der Waals surface area contributed by atoms with Gasteiger partial charge in [0.25, 0.3) is 5.91 Å². The second-order valence-corrected chi connectivity index (χ2v) is 6.17. The molecule has 1 heterocycles. The fourth-order valence-electron chi connectivity index (χ4n) is 2.83. The van der Waals surface area contributed by atoms with Crippen molar-refractivity contribution in [3.05, 3.63) is 29.8 Å². The van der Waals surface area contributed by atoms with Gasteiger partial charge in [0.1, 0.15) is 5.75 Å². The van der Waals surface area contributed by atoms with Crippen molar-refractivity contribution >= 4 is 5.91 Å². The van der Waals surface area contributed by atoms with Gasteiger partial charge in [0.05, 0.1) is 0 Å². The number of ether oxygens (including phenoxy) is 1. The number of amides is 1. The van der Waals surface area contributed by atoms with Crippen molar-refractivity contribution in [2.45, 2.75) is 19.2 Å². The Bertz CT molecular complexity index is 541. The van der Waals surface area contributed by atoms with Gasteiger partial charge in [-0.2, -0.15) is 0 Å². The maximum absolute atomic E-state index is 12.1. The minimum atomic E-state index is -4.73. The number of piperidine rings is 1. The van der Waals surface area contributed by atoms with Gasteiger partial charge in [0, 0.05) is 25.2 Å². The molecule has 1 aromatic rings. The number of likely N-dealkylation sites (tertiary alicyclic amines) is 1. The summed E-state index contributed by atoms with van der Waals surface area (Å²) in [4.78, 5) is 14.5. The van der Waals surface area contributed by atoms with Gasteiger partial charge >= 0.3 is 6.36 Å². The molecule has 1 amide bonds. The lowest BCUT2D eigenvalue weighted by Gasteiger charge is -2.31. The van der Waals surface area contributed by atoms with Crippen LogP contribution in [0.1, 0.15) is 23.2 Å². The van der Waals surface area contributed by atoms with E-state index in [4.69, 9.17) is 0 Å². The van der Waals surface area contributed by atoms with Crippen LogP contribution in [0.4, 0.5) is 13.2 Å². The van der Waals surface area contributed by atoms with Crippen LogP contribution < -0.4 is 15.4 Å². The van der Waals surface area contributed by atoms with E-state index in [0.29, 0.717) is 18.0 Å². The van der Waals surface area contributed by atoms with E-state index in [2.05, 4.69) is 20.3 Å². The molecule has 1 aromatic carbocycles. The Balaban J connectivity index is 1.73. The largest absolute Gasteiger partial charge is 0.573 e. The number of nitrogens with zero attached hydrogens (tertiary/aromatic N) is 1. The molecule has 2 rings (SSSR count). The first-order valence-corrected chi connectivity index (χ1v) is 8.38. The Hall–Kier alpha value is -1.80. The number of carbonyl (C=O) groups excluding carboxylic acids is 1. The molecular formula is C17H24F3N3O2. The predicted molar refractivity (Wildman–Crippen MR) is 88.5 cm³/mol. The average molecular weight is 359 g/mol. The van der Waals surface area contributed by atoms with Crippen molar-refractivity contribution in [2.24, 2.45) is 5.92 Å². The normalized spacial score (nSPS) is 16.6. The van der Waals surface area contributed by atoms with Crippen molar-refractivity contribution in [1.29, 1.82) is 0 Å². The summed E-state index contributed by atoms with van der Waals surface area (Å²) in [5, 5.41) is 5.99. The van der Waals surface area contributed by atoms with Crippen LogP contribution in [0.25, 0.3) is 0 Å². The Morgan fingerprint density at radius 2 is 1.88 bits per heavy atom. The van der Waals surface area contributed by atoms with Gasteiger partial charge in [0.15, 0.2) is 0 Å². The first-order valence-electron chi connectivity index (χ1n) is 8.38. The van der Waals surface area contributed by atoms with E-state index in [-0.39, 0.29) is 11.7 Å². The molecule has 2 N–H and O–H groups in total. The van der Waals surface area contributed by atoms with Crippen molar-refractivity contribution in [3.8, 4) is 5.75 Å². The third kappa shape index (κ3) is 6.91. The van der Waals surface area contributed by atoms with Crippen molar-refractivity contribution in [3.63, 3.8) is 0 Å². The lowest BCUT2D eigenvalue weighted by Crippen LogP contribution is -2.40. The van der Waals surface area contributed by atoms with Gasteiger partial charge < -0.3 is 20.3 Å². The zero-order chi connectivity index (χ0) is 18.3. The highest BCUT2D eigenvalue weighted by molar-refractivity contribution is 5.94. The van der Waals surface area contributed by atoms with E-state index in [1.807, 2.05) is 7.05 Å². The first kappa shape index (κ1) is 19.5. The fraction of sp³-hybridized carbons (Fsp3) is 0.588. The minimum Gasteiger partial charge on any atom is -0.406 e. The van der Waals surface area contributed by atoms with Crippen molar-refractivity contribution in [1.82, 2.24) is 15.5 Å². The Morgan fingerprint density at radius 3 is 2.44 bits per heavy atom. The van der Waals surface area contributed by atoms with Crippen molar-refractivity contribution < 1.29 is 22.7 Å². The van der Waals surface area contributed by atoms with Gasteiger partial charge in [-0.1, -0.05) is 0 Å². The van der Waals surface area contributed by atoms with Gasteiger partial charge in [-0.3, -0.25) is 4.79 Å². The van der Waals surface area contributed by atoms with E-state index < -0.39 is 6.36 Å². The van der Waals surface area contributed by atoms with E-state index in [1.54, 1.807) is 0 Å². The summed E-state index contributed by atoms with van der Waals surface area (Å²) in [6.07, 6.45) is -2.67. The number of rotatable bonds is 7. The summed E-state index contributed by atoms with van der Waals surface area (Å²) < 4.78 is 40.1. The Morgan fingerprint density at radius 1 is 1.24 bits per heavy atom. The zero-order valence-electron chi connectivity index (χ0n) is 14.2. The Kier molecular flexibility index (Phi) is 7.07. The maximum Gasteiger partial charge on any atom is 0.573 e. The molecule has 0 spiro atoms. The lowest BCUT2D eigenvalue weighted by atomic mass is 9.96. The molecule has 0 saturated carbocycles. The molecule has 140 valence electrons. The number of likely N-dealkylation sites (N-methyl/N-ethyl adjacent to an activating group) is 1. The second kappa shape index (κ2) is 9.05. The lowest BCUT2D eigenvalue weighted by molar-refractivity contribution is -0.274. The van der Waals surface area contributed by atoms with Crippen LogP contribution in [0.5, 0.6) is 5.75 Å². The van der Waals surface area contributed by atoms with Gasteiger partial charge in [-0.05, 0) is 63.2 Å². The number of halogens is 3. The molecule has 25 heavy (non-hydrogen) atoms. The molecule has 0 aromatic heterocycles. The second-order valence-electron chi connectivity index (χ2n) is 6.17. The molecule has 8 heteroatoms. The molecule has 1 aliphatic heterocycles. The van der Waals surface area contributed by atoms with Crippen LogP contribution in [-0.2, 0) is 0 Å². The highest BCUT2D eigenvalue weighted by Crippen LogP contribution is 2.22. The quantitative estimate of drug-likeness (QED) is 0.784. The molecule has 0 atom stereocenters. The monoisotopic (exact) mass is 359 g/mol. The molecule has 5 nitrogen and oxygen atoms in total. The van der Waals surface area contributed by atoms with Gasteiger partial charge in [0.2, 0.25) is 0 Å². The van der Waals surface area contributed by atoms with E-state index >= 15 is 0 Å². The minimum absolute atomic E-state index is 0.281. The van der Waals surface area contributed by atoms with E-state index in [9.17, 15) is 18.0 Å². The summed E-state index contributed by atoms with van der Waals surface area (Å²) in [5.41, 5.74) is 0.320. The SMILES string of the molecule is CNCCN1CCC(CNC(=O)c2ccc(OC(F)(F)F)cc2)CC1. The summed E-state index contributed by atoms with van der Waals surface area (Å²) in [7, 11) is 1.93. The molecule has 1 saturated heterocycles. The zero-order valence-corrected chi connectivity index (χ0v) is 14.2. The number of nitrogens with one attached hydrogen (secondary N) is 2. The molecule has 0 radical (unpaired) electrons. The first-order chi connectivity index (χ1) is 11.9. The van der Waals surface area contributed by atoms with Crippen LogP contribution in [0.2, 0.25) is 0 Å². The van der Waals surface area contributed by atoms with Gasteiger partial charge in [-0.15, -0.1) is 13.2 Å². The van der Waals surface area contributed by atoms with E-state index in [0.717, 1.165) is 51.2 Å². The summed E-state index contributed by atoms with van der Waals surface area (Å²) >= 11 is 0. The standard InChI is InChI=1S/C17H24F3N3O2/c1-21-8-11-23-9-6-13(7-10-23)12-22-16(24)14-2-4-15(5-3-14)25-17(18,19)20/h2-5,13,21H,6-12H2,1H3,(H,22,24). The number of carbonyl (C=O) groups is 1. The van der Waals surface area contributed by atoms with Crippen LogP contribution in [0.15, 0.2) is 24.3 Å². The summed E-state index contributed by atoms with van der Waals surface area (Å²) in [5.74, 6) is -0.184. The Labute approximate surface area is 145 Å². The van der Waals surface area contributed by atoms with Gasteiger partial charge in [-0.25, -0.2) is 0 Å². The summed E-state index contributed by atoms with van der Waals surface area (Å²) in [6.45, 7) is 4.62. The van der Waals surface area contributed by atoms with Crippen molar-refractivity contribution in [2.75, 3.05) is 39.8 Å². The molecule has 0 bridgehead atoms. The fourth-order valence-corrected chi connectivity index (χ4v) is 2.83. The highest BCUT2D eigenvalue weighted by atomic mass is 19.4. The third-order valence-electron chi connectivity index (χ3n) is 4.29. The summed E-state index contributed by atoms with van der Waals surface area (Å²) in [6, 6.07) is 4.94. The number of alkyl halides is 3. The van der Waals surface area contributed by atoms with Crippen LogP contribution in [0.3, 0.4) is 0 Å². The topological polar surface area (TPSA) is 53.6 Å². The predicted octanol–water partition coefficient (Wildman–Crippen LogP) is 2.25. The smallest absolute Gasteiger partial charge is 0.406 e.